The fraction of sp³-hybridized carbons (Fsp3) is 0.333. The van der Waals surface area contributed by atoms with Gasteiger partial charge in [0.2, 0.25) is 0 Å². The summed E-state index contributed by atoms with van der Waals surface area (Å²) in [6, 6.07) is 2.07. The maximum absolute atomic E-state index is 12.7. The Labute approximate surface area is 101 Å². The van der Waals surface area contributed by atoms with Crippen molar-refractivity contribution in [2.24, 2.45) is 5.73 Å². The van der Waals surface area contributed by atoms with Crippen molar-refractivity contribution in [2.45, 2.75) is 18.6 Å². The second kappa shape index (κ2) is 5.70. The van der Waals surface area contributed by atoms with Crippen LogP contribution in [0.5, 0.6) is 0 Å². The fourth-order valence-corrected chi connectivity index (χ4v) is 1.30. The van der Waals surface area contributed by atoms with E-state index in [9.17, 15) is 17.6 Å². The molecule has 0 aliphatic heterocycles. The van der Waals surface area contributed by atoms with Crippen LogP contribution < -0.4 is 5.73 Å². The Kier molecular flexibility index (Phi) is 5.52. The van der Waals surface area contributed by atoms with Crippen LogP contribution in [-0.2, 0) is 0 Å². The van der Waals surface area contributed by atoms with E-state index in [1.54, 1.807) is 0 Å². The van der Waals surface area contributed by atoms with Crippen molar-refractivity contribution in [3.05, 3.63) is 34.6 Å². The Bertz CT molecular complexity index is 354. The van der Waals surface area contributed by atoms with Gasteiger partial charge in [0.25, 0.3) is 0 Å². The van der Waals surface area contributed by atoms with Crippen LogP contribution >= 0.6 is 24.0 Å². The number of alkyl halides is 3. The Morgan fingerprint density at radius 3 is 2.31 bits per heavy atom. The van der Waals surface area contributed by atoms with Gasteiger partial charge in [-0.3, -0.25) is 0 Å². The van der Waals surface area contributed by atoms with E-state index < -0.39 is 24.5 Å². The van der Waals surface area contributed by atoms with Gasteiger partial charge < -0.3 is 5.73 Å². The molecule has 0 saturated carbocycles. The topological polar surface area (TPSA) is 26.0 Å². The molecule has 16 heavy (non-hydrogen) atoms. The normalized spacial score (nSPS) is 13.1. The minimum atomic E-state index is -4.35. The molecule has 0 saturated heterocycles. The van der Waals surface area contributed by atoms with Gasteiger partial charge in [0.15, 0.2) is 0 Å². The predicted molar refractivity (Wildman–Crippen MR) is 56.3 cm³/mol. The highest BCUT2D eigenvalue weighted by Gasteiger charge is 2.31. The van der Waals surface area contributed by atoms with Crippen molar-refractivity contribution in [3.63, 3.8) is 0 Å². The minimum absolute atomic E-state index is 0. The molecule has 1 aromatic carbocycles. The number of rotatable bonds is 2. The van der Waals surface area contributed by atoms with Crippen LogP contribution in [0.3, 0.4) is 0 Å². The zero-order chi connectivity index (χ0) is 11.6. The lowest BCUT2D eigenvalue weighted by molar-refractivity contribution is -0.138. The summed E-state index contributed by atoms with van der Waals surface area (Å²) in [6.45, 7) is 0. The van der Waals surface area contributed by atoms with Gasteiger partial charge in [-0.15, -0.1) is 12.4 Å². The van der Waals surface area contributed by atoms with Crippen LogP contribution in [0.15, 0.2) is 18.2 Å². The molecule has 0 aliphatic rings. The number of nitrogens with two attached hydrogens (primary N) is 1. The molecule has 1 nitrogen and oxygen atoms in total. The lowest BCUT2D eigenvalue weighted by Crippen LogP contribution is -2.20. The molecule has 0 spiro atoms. The molecule has 0 amide bonds. The molecule has 0 unspecified atom stereocenters. The van der Waals surface area contributed by atoms with E-state index in [1.807, 2.05) is 0 Å². The van der Waals surface area contributed by atoms with Gasteiger partial charge in [0.1, 0.15) is 5.82 Å². The maximum atomic E-state index is 12.7. The van der Waals surface area contributed by atoms with Crippen LogP contribution in [0.1, 0.15) is 18.0 Å². The number of hydrogen-bond acceptors (Lipinski definition) is 1. The first-order valence-electron chi connectivity index (χ1n) is 4.07. The second-order valence-electron chi connectivity index (χ2n) is 3.10. The van der Waals surface area contributed by atoms with Crippen molar-refractivity contribution in [3.8, 4) is 0 Å². The SMILES string of the molecule is Cl.N[C@H](CC(F)(F)F)c1ccc(F)c(Cl)c1. The lowest BCUT2D eigenvalue weighted by atomic mass is 10.0. The number of hydrogen-bond donors (Lipinski definition) is 1. The van der Waals surface area contributed by atoms with Gasteiger partial charge >= 0.3 is 6.18 Å². The molecule has 1 aromatic rings. The van der Waals surface area contributed by atoms with Crippen LogP contribution in [0.2, 0.25) is 5.02 Å². The quantitative estimate of drug-likeness (QED) is 0.817. The predicted octanol–water partition coefficient (Wildman–Crippen LogP) is 3.85. The smallest absolute Gasteiger partial charge is 0.324 e. The zero-order valence-electron chi connectivity index (χ0n) is 7.89. The highest BCUT2D eigenvalue weighted by molar-refractivity contribution is 6.30. The molecule has 0 aliphatic carbocycles. The van der Waals surface area contributed by atoms with Crippen molar-refractivity contribution in [2.75, 3.05) is 0 Å². The van der Waals surface area contributed by atoms with E-state index in [0.29, 0.717) is 0 Å². The summed E-state index contributed by atoms with van der Waals surface area (Å²) in [5, 5.41) is -0.231. The van der Waals surface area contributed by atoms with Gasteiger partial charge in [-0.05, 0) is 17.7 Å². The van der Waals surface area contributed by atoms with E-state index in [2.05, 4.69) is 0 Å². The molecule has 0 radical (unpaired) electrons. The fourth-order valence-electron chi connectivity index (χ4n) is 1.11. The molecular formula is C9H9Cl2F4N. The van der Waals surface area contributed by atoms with E-state index in [-0.39, 0.29) is 23.0 Å². The monoisotopic (exact) mass is 277 g/mol. The third-order valence-corrected chi connectivity index (χ3v) is 2.11. The molecule has 7 heteroatoms. The third kappa shape index (κ3) is 4.55. The first-order valence-corrected chi connectivity index (χ1v) is 4.44. The first-order chi connectivity index (χ1) is 6.79. The van der Waals surface area contributed by atoms with Crippen molar-refractivity contribution in [1.29, 1.82) is 0 Å². The second-order valence-corrected chi connectivity index (χ2v) is 3.51. The van der Waals surface area contributed by atoms with Crippen molar-refractivity contribution >= 4 is 24.0 Å². The highest BCUT2D eigenvalue weighted by Crippen LogP contribution is 2.29. The van der Waals surface area contributed by atoms with Crippen LogP contribution in [-0.4, -0.2) is 6.18 Å². The Morgan fingerprint density at radius 2 is 1.88 bits per heavy atom. The summed E-state index contributed by atoms with van der Waals surface area (Å²) < 4.78 is 48.7. The van der Waals surface area contributed by atoms with E-state index in [4.69, 9.17) is 17.3 Å². The van der Waals surface area contributed by atoms with Crippen LogP contribution in [0.4, 0.5) is 17.6 Å². The average molecular weight is 278 g/mol. The van der Waals surface area contributed by atoms with Crippen molar-refractivity contribution in [1.82, 2.24) is 0 Å². The van der Waals surface area contributed by atoms with Crippen LogP contribution in [0, 0.1) is 5.82 Å². The minimum Gasteiger partial charge on any atom is -0.324 e. The molecule has 0 heterocycles. The van der Waals surface area contributed by atoms with Gasteiger partial charge in [-0.1, -0.05) is 17.7 Å². The molecule has 92 valence electrons. The molecule has 0 bridgehead atoms. The molecule has 1 rings (SSSR count). The Hall–Kier alpha value is -0.520. The molecule has 1 atom stereocenters. The van der Waals surface area contributed by atoms with Gasteiger partial charge in [0.05, 0.1) is 11.4 Å². The van der Waals surface area contributed by atoms with Gasteiger partial charge in [-0.25, -0.2) is 4.39 Å². The van der Waals surface area contributed by atoms with E-state index in [0.717, 1.165) is 12.1 Å². The van der Waals surface area contributed by atoms with E-state index in [1.165, 1.54) is 6.07 Å². The molecule has 2 N–H and O–H groups in total. The molecule has 0 aromatic heterocycles. The largest absolute Gasteiger partial charge is 0.390 e. The summed E-state index contributed by atoms with van der Waals surface area (Å²) in [5.74, 6) is -0.681. The summed E-state index contributed by atoms with van der Waals surface area (Å²) in [7, 11) is 0. The van der Waals surface area contributed by atoms with Gasteiger partial charge in [0, 0.05) is 6.04 Å². The van der Waals surface area contributed by atoms with Gasteiger partial charge in [-0.2, -0.15) is 13.2 Å². The molecular weight excluding hydrogens is 269 g/mol. The Balaban J connectivity index is 0.00000225. The zero-order valence-corrected chi connectivity index (χ0v) is 9.46. The standard InChI is InChI=1S/C9H8ClF4N.ClH/c10-6-3-5(1-2-7(6)11)8(15)4-9(12,13)14;/h1-3,8H,4,15H2;1H/t8-;/m1./s1. The maximum Gasteiger partial charge on any atom is 0.390 e. The number of benzene rings is 1. The summed E-state index contributed by atoms with van der Waals surface area (Å²) in [4.78, 5) is 0. The summed E-state index contributed by atoms with van der Waals surface area (Å²) in [5.41, 5.74) is 5.46. The van der Waals surface area contributed by atoms with E-state index >= 15 is 0 Å². The Morgan fingerprint density at radius 1 is 1.31 bits per heavy atom. The lowest BCUT2D eigenvalue weighted by Gasteiger charge is -2.14. The average Bonchev–Trinajstić information content (AvgIpc) is 2.06. The third-order valence-electron chi connectivity index (χ3n) is 1.82. The summed E-state index contributed by atoms with van der Waals surface area (Å²) in [6.07, 6.45) is -5.50. The number of halogens is 6. The molecule has 0 fully saturated rings. The highest BCUT2D eigenvalue weighted by atomic mass is 35.5. The van der Waals surface area contributed by atoms with Crippen LogP contribution in [0.25, 0.3) is 0 Å². The summed E-state index contributed by atoms with van der Waals surface area (Å²) >= 11 is 5.42. The first kappa shape index (κ1) is 15.5. The van der Waals surface area contributed by atoms with Crippen molar-refractivity contribution < 1.29 is 17.6 Å².